The van der Waals surface area contributed by atoms with Crippen molar-refractivity contribution in [3.8, 4) is 0 Å². The maximum Gasteiger partial charge on any atom is 0.315 e. The third-order valence-electron chi connectivity index (χ3n) is 2.88. The zero-order valence-corrected chi connectivity index (χ0v) is 8.92. The number of halogens is 2. The van der Waals surface area contributed by atoms with Gasteiger partial charge in [0.05, 0.1) is 5.02 Å². The minimum Gasteiger partial charge on any atom is -0.481 e. The van der Waals surface area contributed by atoms with Crippen molar-refractivity contribution in [3.05, 3.63) is 34.6 Å². The second-order valence-corrected chi connectivity index (χ2v) is 4.32. The Morgan fingerprint density at radius 1 is 1.44 bits per heavy atom. The largest absolute Gasteiger partial charge is 0.481 e. The molecule has 0 unspecified atom stereocenters. The molecule has 16 heavy (non-hydrogen) atoms. The van der Waals surface area contributed by atoms with Gasteiger partial charge in [0.2, 0.25) is 0 Å². The molecule has 5 heteroatoms. The smallest absolute Gasteiger partial charge is 0.315 e. The van der Waals surface area contributed by atoms with E-state index in [4.69, 9.17) is 16.7 Å². The number of carboxylic acid groups (broad SMARTS) is 1. The minimum atomic E-state index is -1.21. The summed E-state index contributed by atoms with van der Waals surface area (Å²) >= 11 is 5.59. The van der Waals surface area contributed by atoms with E-state index in [1.807, 2.05) is 0 Å². The highest BCUT2D eigenvalue weighted by molar-refractivity contribution is 6.30. The molecule has 1 saturated carbocycles. The van der Waals surface area contributed by atoms with Gasteiger partial charge >= 0.3 is 5.97 Å². The number of hydrogen-bond acceptors (Lipinski definition) is 2. The summed E-state index contributed by atoms with van der Waals surface area (Å²) in [5, 5.41) is 9.00. The molecule has 1 aliphatic carbocycles. The normalized spacial score (nSPS) is 18.0. The average Bonchev–Trinajstić information content (AvgIpc) is 2.17. The molecule has 1 aliphatic rings. The lowest BCUT2D eigenvalue weighted by atomic mass is 9.63. The average molecular weight is 243 g/mol. The molecule has 84 valence electrons. The Morgan fingerprint density at radius 3 is 2.50 bits per heavy atom. The Hall–Kier alpha value is -1.42. The van der Waals surface area contributed by atoms with Gasteiger partial charge in [0, 0.05) is 12.8 Å². The first-order chi connectivity index (χ1) is 7.45. The van der Waals surface area contributed by atoms with Crippen LogP contribution in [0.1, 0.15) is 18.4 Å². The number of rotatable bonds is 2. The molecular weight excluding hydrogens is 235 g/mol. The summed E-state index contributed by atoms with van der Waals surface area (Å²) in [5.74, 6) is -1.78. The van der Waals surface area contributed by atoms with Crippen molar-refractivity contribution in [1.82, 2.24) is 0 Å². The summed E-state index contributed by atoms with van der Waals surface area (Å²) in [6, 6.07) is 3.75. The summed E-state index contributed by atoms with van der Waals surface area (Å²) in [7, 11) is 0. The van der Waals surface area contributed by atoms with E-state index >= 15 is 0 Å². The van der Waals surface area contributed by atoms with Crippen LogP contribution in [0.25, 0.3) is 0 Å². The highest BCUT2D eigenvalue weighted by atomic mass is 35.5. The lowest BCUT2D eigenvalue weighted by molar-refractivity contribution is -0.153. The Morgan fingerprint density at radius 2 is 2.06 bits per heavy atom. The van der Waals surface area contributed by atoms with E-state index in [9.17, 15) is 14.0 Å². The molecule has 3 nitrogen and oxygen atoms in total. The number of benzene rings is 1. The molecular formula is C11H8ClFO3. The number of ketones is 1. The van der Waals surface area contributed by atoms with Crippen LogP contribution in [0, 0.1) is 5.82 Å². The zero-order chi connectivity index (χ0) is 11.9. The van der Waals surface area contributed by atoms with E-state index in [0.717, 1.165) is 6.07 Å². The summed E-state index contributed by atoms with van der Waals surface area (Å²) in [6.07, 6.45) is -0.103. The molecule has 0 atom stereocenters. The number of carboxylic acids is 1. The van der Waals surface area contributed by atoms with Crippen LogP contribution >= 0.6 is 11.6 Å². The van der Waals surface area contributed by atoms with Crippen molar-refractivity contribution in [2.75, 3.05) is 0 Å². The van der Waals surface area contributed by atoms with Gasteiger partial charge in [0.15, 0.2) is 0 Å². The Balaban J connectivity index is 2.45. The predicted octanol–water partition coefficient (Wildman–Crippen LogP) is 2.16. The quantitative estimate of drug-likeness (QED) is 0.865. The first-order valence-electron chi connectivity index (χ1n) is 4.66. The third kappa shape index (κ3) is 1.50. The molecule has 1 fully saturated rings. The first-order valence-corrected chi connectivity index (χ1v) is 5.04. The third-order valence-corrected chi connectivity index (χ3v) is 3.17. The van der Waals surface area contributed by atoms with Crippen molar-refractivity contribution >= 4 is 23.4 Å². The molecule has 0 aliphatic heterocycles. The molecule has 0 saturated heterocycles. The number of aliphatic carboxylic acids is 1. The maximum absolute atomic E-state index is 12.9. The predicted molar refractivity (Wildman–Crippen MR) is 55.0 cm³/mol. The summed E-state index contributed by atoms with van der Waals surface area (Å²) < 4.78 is 12.9. The Kier molecular flexibility index (Phi) is 2.46. The second kappa shape index (κ2) is 3.56. The van der Waals surface area contributed by atoms with Crippen molar-refractivity contribution in [1.29, 1.82) is 0 Å². The molecule has 0 amide bonds. The number of hydrogen-bond donors (Lipinski definition) is 1. The summed E-state index contributed by atoms with van der Waals surface area (Å²) in [4.78, 5) is 22.1. The number of carbonyl (C=O) groups excluding carboxylic acids is 1. The van der Waals surface area contributed by atoms with Crippen molar-refractivity contribution < 1.29 is 19.1 Å². The van der Waals surface area contributed by atoms with Crippen molar-refractivity contribution in [2.24, 2.45) is 0 Å². The molecule has 0 heterocycles. The fourth-order valence-electron chi connectivity index (χ4n) is 1.89. The SMILES string of the molecule is O=C1CC(C(=O)O)(c2ccc(F)c(Cl)c2)C1. The highest BCUT2D eigenvalue weighted by Gasteiger charge is 2.51. The standard InChI is InChI=1S/C11H8ClFO3/c12-8-3-6(1-2-9(8)13)11(10(15)16)4-7(14)5-11/h1-3H,4-5H2,(H,15,16). The lowest BCUT2D eigenvalue weighted by Crippen LogP contribution is -2.48. The van der Waals surface area contributed by atoms with Crippen LogP contribution in [0.5, 0.6) is 0 Å². The van der Waals surface area contributed by atoms with Gasteiger partial charge in [-0.15, -0.1) is 0 Å². The van der Waals surface area contributed by atoms with E-state index in [1.54, 1.807) is 0 Å². The van der Waals surface area contributed by atoms with Crippen LogP contribution < -0.4 is 0 Å². The van der Waals surface area contributed by atoms with E-state index in [2.05, 4.69) is 0 Å². The molecule has 0 radical (unpaired) electrons. The minimum absolute atomic E-state index is 0.0513. The Labute approximate surface area is 95.8 Å². The highest BCUT2D eigenvalue weighted by Crippen LogP contribution is 2.42. The van der Waals surface area contributed by atoms with Crippen molar-refractivity contribution in [3.63, 3.8) is 0 Å². The van der Waals surface area contributed by atoms with Crippen LogP contribution in [-0.2, 0) is 15.0 Å². The van der Waals surface area contributed by atoms with E-state index in [1.165, 1.54) is 12.1 Å². The monoisotopic (exact) mass is 242 g/mol. The number of carbonyl (C=O) groups is 2. The maximum atomic E-state index is 12.9. The van der Waals surface area contributed by atoms with Gasteiger partial charge < -0.3 is 5.11 Å². The first kappa shape index (κ1) is 11.1. The molecule has 1 aromatic carbocycles. The zero-order valence-electron chi connectivity index (χ0n) is 8.17. The van der Waals surface area contributed by atoms with Crippen molar-refractivity contribution in [2.45, 2.75) is 18.3 Å². The van der Waals surface area contributed by atoms with E-state index in [0.29, 0.717) is 5.56 Å². The molecule has 2 rings (SSSR count). The Bertz CT molecular complexity index is 476. The molecule has 0 aromatic heterocycles. The van der Waals surface area contributed by atoms with Gasteiger partial charge in [-0.05, 0) is 17.7 Å². The summed E-state index contributed by atoms with van der Waals surface area (Å²) in [6.45, 7) is 0. The topological polar surface area (TPSA) is 54.4 Å². The molecule has 1 N–H and O–H groups in total. The fraction of sp³-hybridized carbons (Fsp3) is 0.273. The van der Waals surface area contributed by atoms with Gasteiger partial charge in [-0.3, -0.25) is 9.59 Å². The molecule has 1 aromatic rings. The van der Waals surface area contributed by atoms with Crippen LogP contribution in [0.2, 0.25) is 5.02 Å². The number of Topliss-reactive ketones (excluding diaryl/α,β-unsaturated/α-hetero) is 1. The second-order valence-electron chi connectivity index (χ2n) is 3.91. The van der Waals surface area contributed by atoms with Gasteiger partial charge in [-0.1, -0.05) is 17.7 Å². The molecule has 0 spiro atoms. The summed E-state index contributed by atoms with van der Waals surface area (Å²) in [5.41, 5.74) is -0.833. The van der Waals surface area contributed by atoms with E-state index in [-0.39, 0.29) is 23.6 Å². The van der Waals surface area contributed by atoms with Crippen LogP contribution in [0.15, 0.2) is 18.2 Å². The van der Waals surface area contributed by atoms with Crippen LogP contribution in [0.3, 0.4) is 0 Å². The van der Waals surface area contributed by atoms with Crippen LogP contribution in [-0.4, -0.2) is 16.9 Å². The van der Waals surface area contributed by atoms with Crippen LogP contribution in [0.4, 0.5) is 4.39 Å². The van der Waals surface area contributed by atoms with Gasteiger partial charge in [0.1, 0.15) is 17.0 Å². The van der Waals surface area contributed by atoms with Gasteiger partial charge in [-0.2, -0.15) is 0 Å². The molecule has 0 bridgehead atoms. The van der Waals surface area contributed by atoms with E-state index < -0.39 is 17.2 Å². The fourth-order valence-corrected chi connectivity index (χ4v) is 2.07. The van der Waals surface area contributed by atoms with Gasteiger partial charge in [0.25, 0.3) is 0 Å². The van der Waals surface area contributed by atoms with Gasteiger partial charge in [-0.25, -0.2) is 4.39 Å². The lowest BCUT2D eigenvalue weighted by Gasteiger charge is -2.36.